The minimum atomic E-state index is 0.212. The SMILES string of the molecule is CC/C=C\c1cc(C#N)ccc1O. The fourth-order valence-electron chi connectivity index (χ4n) is 1.00. The first-order chi connectivity index (χ1) is 6.27. The highest BCUT2D eigenvalue weighted by Crippen LogP contribution is 2.19. The highest BCUT2D eigenvalue weighted by atomic mass is 16.3. The standard InChI is InChI=1S/C11H11NO/c1-2-3-4-10-7-9(8-12)5-6-11(10)13/h3-7,13H,2H2,1H3/b4-3-. The van der Waals surface area contributed by atoms with Crippen LogP contribution in [0.2, 0.25) is 0 Å². The second-order valence-corrected chi connectivity index (χ2v) is 2.70. The lowest BCUT2D eigenvalue weighted by Crippen LogP contribution is -1.78. The molecule has 0 saturated carbocycles. The second kappa shape index (κ2) is 4.32. The number of phenolic OH excluding ortho intramolecular Hbond substituents is 1. The van der Waals surface area contributed by atoms with Crippen LogP contribution < -0.4 is 0 Å². The third-order valence-corrected chi connectivity index (χ3v) is 1.69. The first-order valence-corrected chi connectivity index (χ1v) is 4.17. The number of benzene rings is 1. The largest absolute Gasteiger partial charge is 0.507 e. The van der Waals surface area contributed by atoms with Crippen LogP contribution in [0, 0.1) is 11.3 Å². The third-order valence-electron chi connectivity index (χ3n) is 1.69. The summed E-state index contributed by atoms with van der Waals surface area (Å²) in [5.74, 6) is 0.212. The smallest absolute Gasteiger partial charge is 0.122 e. The number of hydrogen-bond donors (Lipinski definition) is 1. The fraction of sp³-hybridized carbons (Fsp3) is 0.182. The van der Waals surface area contributed by atoms with Crippen molar-refractivity contribution in [3.8, 4) is 11.8 Å². The molecule has 0 heterocycles. The summed E-state index contributed by atoms with van der Waals surface area (Å²) >= 11 is 0. The van der Waals surface area contributed by atoms with Crippen LogP contribution in [0.3, 0.4) is 0 Å². The monoisotopic (exact) mass is 173 g/mol. The lowest BCUT2D eigenvalue weighted by atomic mass is 10.1. The van der Waals surface area contributed by atoms with Crippen molar-refractivity contribution in [1.82, 2.24) is 0 Å². The number of aromatic hydroxyl groups is 1. The van der Waals surface area contributed by atoms with E-state index in [2.05, 4.69) is 0 Å². The molecule has 0 aliphatic heterocycles. The van der Waals surface area contributed by atoms with Crippen molar-refractivity contribution < 1.29 is 5.11 Å². The van der Waals surface area contributed by atoms with Crippen LogP contribution in [0.1, 0.15) is 24.5 Å². The Morgan fingerprint density at radius 3 is 2.92 bits per heavy atom. The molecular weight excluding hydrogens is 162 g/mol. The van der Waals surface area contributed by atoms with Crippen molar-refractivity contribution in [2.45, 2.75) is 13.3 Å². The number of phenols is 1. The molecule has 0 spiro atoms. The van der Waals surface area contributed by atoms with Crippen molar-refractivity contribution in [2.24, 2.45) is 0 Å². The van der Waals surface area contributed by atoms with E-state index in [1.165, 1.54) is 6.07 Å². The highest BCUT2D eigenvalue weighted by molar-refractivity contribution is 5.59. The van der Waals surface area contributed by atoms with Crippen LogP contribution in [0.4, 0.5) is 0 Å². The molecule has 0 bridgehead atoms. The van der Waals surface area contributed by atoms with Gasteiger partial charge in [-0.05, 0) is 24.6 Å². The molecule has 1 rings (SSSR count). The minimum absolute atomic E-state index is 0.212. The molecular formula is C11H11NO. The summed E-state index contributed by atoms with van der Waals surface area (Å²) in [6.07, 6.45) is 4.67. The maximum absolute atomic E-state index is 9.40. The van der Waals surface area contributed by atoms with Crippen molar-refractivity contribution in [2.75, 3.05) is 0 Å². The molecule has 1 N–H and O–H groups in total. The molecule has 1 aromatic rings. The maximum Gasteiger partial charge on any atom is 0.122 e. The van der Waals surface area contributed by atoms with Gasteiger partial charge >= 0.3 is 0 Å². The van der Waals surface area contributed by atoms with Gasteiger partial charge in [0.1, 0.15) is 5.75 Å². The van der Waals surface area contributed by atoms with Gasteiger partial charge in [0.25, 0.3) is 0 Å². The molecule has 0 fully saturated rings. The quantitative estimate of drug-likeness (QED) is 0.747. The van der Waals surface area contributed by atoms with Gasteiger partial charge in [-0.2, -0.15) is 5.26 Å². The summed E-state index contributed by atoms with van der Waals surface area (Å²) in [5.41, 5.74) is 1.26. The molecule has 0 unspecified atom stereocenters. The zero-order chi connectivity index (χ0) is 9.68. The second-order valence-electron chi connectivity index (χ2n) is 2.70. The summed E-state index contributed by atoms with van der Waals surface area (Å²) in [7, 11) is 0. The van der Waals surface area contributed by atoms with Gasteiger partial charge < -0.3 is 5.11 Å². The average molecular weight is 173 g/mol. The van der Waals surface area contributed by atoms with E-state index in [0.717, 1.165) is 6.42 Å². The molecule has 0 saturated heterocycles. The van der Waals surface area contributed by atoms with Crippen LogP contribution in [-0.4, -0.2) is 5.11 Å². The molecule has 0 atom stereocenters. The van der Waals surface area contributed by atoms with Crippen molar-refractivity contribution in [3.05, 3.63) is 35.4 Å². The van der Waals surface area contributed by atoms with Gasteiger partial charge in [-0.3, -0.25) is 0 Å². The Morgan fingerprint density at radius 2 is 2.31 bits per heavy atom. The summed E-state index contributed by atoms with van der Waals surface area (Å²) < 4.78 is 0. The van der Waals surface area contributed by atoms with Crippen LogP contribution in [0.25, 0.3) is 6.08 Å². The Hall–Kier alpha value is -1.75. The molecule has 0 aliphatic rings. The van der Waals surface area contributed by atoms with Crippen LogP contribution in [0.15, 0.2) is 24.3 Å². The Kier molecular flexibility index (Phi) is 3.10. The highest BCUT2D eigenvalue weighted by Gasteiger charge is 1.97. The van der Waals surface area contributed by atoms with E-state index in [-0.39, 0.29) is 5.75 Å². The molecule has 1 aromatic carbocycles. The summed E-state index contributed by atoms with van der Waals surface area (Å²) in [6.45, 7) is 2.02. The number of nitriles is 1. The lowest BCUT2D eigenvalue weighted by molar-refractivity contribution is 0.474. The minimum Gasteiger partial charge on any atom is -0.507 e. The van der Waals surface area contributed by atoms with E-state index in [4.69, 9.17) is 5.26 Å². The van der Waals surface area contributed by atoms with E-state index in [0.29, 0.717) is 11.1 Å². The van der Waals surface area contributed by atoms with Gasteiger partial charge in [0, 0.05) is 5.56 Å². The normalized spacial score (nSPS) is 10.2. The van der Waals surface area contributed by atoms with Gasteiger partial charge in [-0.1, -0.05) is 19.1 Å². The topological polar surface area (TPSA) is 44.0 Å². The molecule has 2 heteroatoms. The first-order valence-electron chi connectivity index (χ1n) is 4.17. The van der Waals surface area contributed by atoms with Crippen molar-refractivity contribution in [1.29, 1.82) is 5.26 Å². The predicted molar refractivity (Wildman–Crippen MR) is 52.1 cm³/mol. The fourth-order valence-corrected chi connectivity index (χ4v) is 1.00. The maximum atomic E-state index is 9.40. The number of allylic oxidation sites excluding steroid dienone is 1. The number of rotatable bonds is 2. The third kappa shape index (κ3) is 2.34. The van der Waals surface area contributed by atoms with E-state index in [1.54, 1.807) is 12.1 Å². The molecule has 13 heavy (non-hydrogen) atoms. The Balaban J connectivity index is 3.06. The molecule has 0 radical (unpaired) electrons. The van der Waals surface area contributed by atoms with Crippen LogP contribution in [-0.2, 0) is 0 Å². The van der Waals surface area contributed by atoms with Gasteiger partial charge in [0.2, 0.25) is 0 Å². The summed E-state index contributed by atoms with van der Waals surface area (Å²) in [5, 5.41) is 18.0. The Labute approximate surface area is 77.8 Å². The first kappa shape index (κ1) is 9.34. The number of hydrogen-bond acceptors (Lipinski definition) is 2. The van der Waals surface area contributed by atoms with Gasteiger partial charge in [-0.15, -0.1) is 0 Å². The Bertz CT molecular complexity index is 361. The van der Waals surface area contributed by atoms with E-state index >= 15 is 0 Å². The lowest BCUT2D eigenvalue weighted by Gasteiger charge is -1.98. The van der Waals surface area contributed by atoms with E-state index in [9.17, 15) is 5.11 Å². The van der Waals surface area contributed by atoms with Gasteiger partial charge in [-0.25, -0.2) is 0 Å². The number of nitrogens with zero attached hydrogens (tertiary/aromatic N) is 1. The predicted octanol–water partition coefficient (Wildman–Crippen LogP) is 2.69. The molecule has 66 valence electrons. The average Bonchev–Trinajstić information content (AvgIpc) is 2.17. The van der Waals surface area contributed by atoms with Crippen LogP contribution in [0.5, 0.6) is 5.75 Å². The molecule has 0 aromatic heterocycles. The van der Waals surface area contributed by atoms with Crippen LogP contribution >= 0.6 is 0 Å². The van der Waals surface area contributed by atoms with E-state index in [1.807, 2.05) is 25.1 Å². The zero-order valence-electron chi connectivity index (χ0n) is 7.49. The van der Waals surface area contributed by atoms with Crippen molar-refractivity contribution in [3.63, 3.8) is 0 Å². The summed E-state index contributed by atoms with van der Waals surface area (Å²) in [4.78, 5) is 0. The molecule has 0 aliphatic carbocycles. The van der Waals surface area contributed by atoms with Gasteiger partial charge in [0.15, 0.2) is 0 Å². The zero-order valence-corrected chi connectivity index (χ0v) is 7.49. The molecule has 0 amide bonds. The van der Waals surface area contributed by atoms with E-state index < -0.39 is 0 Å². The Morgan fingerprint density at radius 1 is 1.54 bits per heavy atom. The molecule has 2 nitrogen and oxygen atoms in total. The van der Waals surface area contributed by atoms with Gasteiger partial charge in [0.05, 0.1) is 11.6 Å². The summed E-state index contributed by atoms with van der Waals surface area (Å²) in [6, 6.07) is 6.83. The van der Waals surface area contributed by atoms with Crippen molar-refractivity contribution >= 4 is 6.08 Å².